The Morgan fingerprint density at radius 3 is 2.71 bits per heavy atom. The van der Waals surface area contributed by atoms with Crippen molar-refractivity contribution in [1.82, 2.24) is 9.55 Å². The number of imidazole rings is 1. The largest absolute Gasteiger partial charge is 0.475 e. The van der Waals surface area contributed by atoms with E-state index < -0.39 is 5.97 Å². The van der Waals surface area contributed by atoms with Gasteiger partial charge in [-0.05, 0) is 26.2 Å². The zero-order valence-electron chi connectivity index (χ0n) is 8.45. The van der Waals surface area contributed by atoms with Gasteiger partial charge >= 0.3 is 5.97 Å². The summed E-state index contributed by atoms with van der Waals surface area (Å²) in [7, 11) is 0. The van der Waals surface area contributed by atoms with Crippen molar-refractivity contribution >= 4 is 5.97 Å². The number of carboxylic acid groups (broad SMARTS) is 1. The van der Waals surface area contributed by atoms with Gasteiger partial charge in [0.2, 0.25) is 5.82 Å². The van der Waals surface area contributed by atoms with Gasteiger partial charge in [-0.1, -0.05) is 6.92 Å². The van der Waals surface area contributed by atoms with Crippen LogP contribution in [0.2, 0.25) is 0 Å². The molecule has 1 aromatic heterocycles. The molecule has 4 nitrogen and oxygen atoms in total. The molecule has 0 aliphatic heterocycles. The van der Waals surface area contributed by atoms with Crippen LogP contribution in [-0.4, -0.2) is 20.6 Å². The fourth-order valence-corrected chi connectivity index (χ4v) is 1.88. The van der Waals surface area contributed by atoms with Crippen LogP contribution in [-0.2, 0) is 6.42 Å². The van der Waals surface area contributed by atoms with Crippen molar-refractivity contribution in [3.8, 4) is 0 Å². The molecule has 0 saturated heterocycles. The van der Waals surface area contributed by atoms with Crippen LogP contribution in [0.15, 0.2) is 0 Å². The van der Waals surface area contributed by atoms with Crippen molar-refractivity contribution in [3.63, 3.8) is 0 Å². The van der Waals surface area contributed by atoms with E-state index in [2.05, 4.69) is 4.98 Å². The highest BCUT2D eigenvalue weighted by Gasteiger charge is 2.31. The van der Waals surface area contributed by atoms with E-state index in [1.54, 1.807) is 0 Å². The van der Waals surface area contributed by atoms with E-state index in [0.29, 0.717) is 6.04 Å². The van der Waals surface area contributed by atoms with E-state index in [-0.39, 0.29) is 5.82 Å². The van der Waals surface area contributed by atoms with Gasteiger partial charge in [-0.15, -0.1) is 0 Å². The minimum Gasteiger partial charge on any atom is -0.475 e. The summed E-state index contributed by atoms with van der Waals surface area (Å²) in [6.07, 6.45) is 3.02. The number of aromatic nitrogens is 2. The Morgan fingerprint density at radius 1 is 1.64 bits per heavy atom. The smallest absolute Gasteiger partial charge is 0.372 e. The van der Waals surface area contributed by atoms with Gasteiger partial charge in [0.05, 0.1) is 5.69 Å². The molecule has 0 aromatic carbocycles. The van der Waals surface area contributed by atoms with Gasteiger partial charge in [-0.3, -0.25) is 0 Å². The average molecular weight is 194 g/mol. The normalized spacial score (nSPS) is 15.9. The lowest BCUT2D eigenvalue weighted by atomic mass is 10.3. The third-order valence-corrected chi connectivity index (χ3v) is 2.65. The summed E-state index contributed by atoms with van der Waals surface area (Å²) >= 11 is 0. The van der Waals surface area contributed by atoms with Crippen molar-refractivity contribution in [2.45, 2.75) is 39.2 Å². The molecular weight excluding hydrogens is 180 g/mol. The highest BCUT2D eigenvalue weighted by molar-refractivity contribution is 5.84. The van der Waals surface area contributed by atoms with Crippen LogP contribution in [0.25, 0.3) is 0 Å². The minimum absolute atomic E-state index is 0.210. The number of carbonyl (C=O) groups is 1. The monoisotopic (exact) mass is 194 g/mol. The molecule has 4 heteroatoms. The predicted molar refractivity (Wildman–Crippen MR) is 51.6 cm³/mol. The van der Waals surface area contributed by atoms with Crippen LogP contribution >= 0.6 is 0 Å². The zero-order chi connectivity index (χ0) is 10.3. The van der Waals surface area contributed by atoms with Crippen LogP contribution in [0.3, 0.4) is 0 Å². The van der Waals surface area contributed by atoms with Gasteiger partial charge < -0.3 is 9.67 Å². The lowest BCUT2D eigenvalue weighted by Gasteiger charge is -2.06. The van der Waals surface area contributed by atoms with Crippen molar-refractivity contribution < 1.29 is 9.90 Å². The van der Waals surface area contributed by atoms with E-state index in [4.69, 9.17) is 5.11 Å². The third-order valence-electron chi connectivity index (χ3n) is 2.65. The van der Waals surface area contributed by atoms with Gasteiger partial charge in [-0.2, -0.15) is 0 Å². The molecule has 1 saturated carbocycles. The lowest BCUT2D eigenvalue weighted by Crippen LogP contribution is -2.10. The summed E-state index contributed by atoms with van der Waals surface area (Å²) in [5.74, 6) is -0.707. The Morgan fingerprint density at radius 2 is 2.29 bits per heavy atom. The molecule has 0 radical (unpaired) electrons. The van der Waals surface area contributed by atoms with Crippen LogP contribution in [0, 0.1) is 6.92 Å². The molecule has 0 spiro atoms. The van der Waals surface area contributed by atoms with Crippen LogP contribution < -0.4 is 0 Å². The van der Waals surface area contributed by atoms with E-state index >= 15 is 0 Å². The lowest BCUT2D eigenvalue weighted by molar-refractivity contribution is 0.0677. The van der Waals surface area contributed by atoms with Crippen LogP contribution in [0.4, 0.5) is 0 Å². The second kappa shape index (κ2) is 3.12. The Balaban J connectivity index is 2.53. The number of hydrogen-bond donors (Lipinski definition) is 1. The standard InChI is InChI=1S/C10H14N2O2/c1-3-8-6(2)11-9(10(13)14)12(8)7-4-5-7/h7H,3-5H2,1-2H3,(H,13,14). The molecule has 1 aromatic rings. The fraction of sp³-hybridized carbons (Fsp3) is 0.600. The maximum atomic E-state index is 11.0. The number of hydrogen-bond acceptors (Lipinski definition) is 2. The summed E-state index contributed by atoms with van der Waals surface area (Å²) in [5, 5.41) is 8.99. The van der Waals surface area contributed by atoms with Crippen molar-refractivity contribution in [2.24, 2.45) is 0 Å². The third kappa shape index (κ3) is 1.31. The average Bonchev–Trinajstić information content (AvgIpc) is 2.89. The second-order valence-electron chi connectivity index (χ2n) is 3.73. The Kier molecular flexibility index (Phi) is 2.06. The molecule has 0 atom stereocenters. The zero-order valence-corrected chi connectivity index (χ0v) is 8.45. The molecule has 1 aliphatic rings. The first-order valence-corrected chi connectivity index (χ1v) is 4.96. The molecule has 2 rings (SSSR count). The highest BCUT2D eigenvalue weighted by Crippen LogP contribution is 2.37. The van der Waals surface area contributed by atoms with E-state index in [1.165, 1.54) is 0 Å². The first-order chi connectivity index (χ1) is 6.65. The van der Waals surface area contributed by atoms with Crippen molar-refractivity contribution in [3.05, 3.63) is 17.2 Å². The molecule has 76 valence electrons. The van der Waals surface area contributed by atoms with Gasteiger partial charge in [-0.25, -0.2) is 9.78 Å². The molecule has 0 bridgehead atoms. The first kappa shape index (κ1) is 9.24. The van der Waals surface area contributed by atoms with E-state index in [1.807, 2.05) is 18.4 Å². The molecule has 1 heterocycles. The summed E-state index contributed by atoms with van der Waals surface area (Å²) in [5.41, 5.74) is 1.93. The Bertz CT molecular complexity index is 378. The number of nitrogens with zero attached hydrogens (tertiary/aromatic N) is 2. The molecule has 1 fully saturated rings. The Hall–Kier alpha value is -1.32. The summed E-state index contributed by atoms with van der Waals surface area (Å²) in [6.45, 7) is 3.92. The highest BCUT2D eigenvalue weighted by atomic mass is 16.4. The number of aryl methyl sites for hydroxylation is 1. The van der Waals surface area contributed by atoms with Crippen LogP contribution in [0.1, 0.15) is 47.8 Å². The quantitative estimate of drug-likeness (QED) is 0.798. The van der Waals surface area contributed by atoms with Gasteiger partial charge in [0, 0.05) is 11.7 Å². The first-order valence-electron chi connectivity index (χ1n) is 4.96. The summed E-state index contributed by atoms with van der Waals surface area (Å²) < 4.78 is 1.90. The second-order valence-corrected chi connectivity index (χ2v) is 3.73. The summed E-state index contributed by atoms with van der Waals surface area (Å²) in [4.78, 5) is 15.1. The Labute approximate surface area is 82.6 Å². The molecule has 1 aliphatic carbocycles. The fourth-order valence-electron chi connectivity index (χ4n) is 1.88. The molecule has 0 unspecified atom stereocenters. The summed E-state index contributed by atoms with van der Waals surface area (Å²) in [6, 6.07) is 0.386. The molecule has 1 N–H and O–H groups in total. The molecule has 14 heavy (non-hydrogen) atoms. The van der Waals surface area contributed by atoms with E-state index in [0.717, 1.165) is 30.7 Å². The van der Waals surface area contributed by atoms with Gasteiger partial charge in [0.15, 0.2) is 0 Å². The van der Waals surface area contributed by atoms with Crippen molar-refractivity contribution in [1.29, 1.82) is 0 Å². The van der Waals surface area contributed by atoms with Crippen LogP contribution in [0.5, 0.6) is 0 Å². The molecular formula is C10H14N2O2. The maximum absolute atomic E-state index is 11.0. The number of carboxylic acids is 1. The van der Waals surface area contributed by atoms with Crippen molar-refractivity contribution in [2.75, 3.05) is 0 Å². The topological polar surface area (TPSA) is 55.1 Å². The SMILES string of the molecule is CCc1c(C)nc(C(=O)O)n1C1CC1. The van der Waals surface area contributed by atoms with E-state index in [9.17, 15) is 4.79 Å². The number of aromatic carboxylic acids is 1. The molecule has 0 amide bonds. The van der Waals surface area contributed by atoms with Gasteiger partial charge in [0.1, 0.15) is 0 Å². The van der Waals surface area contributed by atoms with Gasteiger partial charge in [0.25, 0.3) is 0 Å². The number of rotatable bonds is 3. The maximum Gasteiger partial charge on any atom is 0.372 e. The minimum atomic E-state index is -0.917. The predicted octanol–water partition coefficient (Wildman–Crippen LogP) is 1.79.